The smallest absolute Gasteiger partial charge is 0.152 e. The third-order valence-corrected chi connectivity index (χ3v) is 1.93. The Morgan fingerprint density at radius 1 is 1.43 bits per heavy atom. The van der Waals surface area contributed by atoms with Crippen LogP contribution in [-0.4, -0.2) is 26.5 Å². The minimum absolute atomic E-state index is 0.699. The Hall–Kier alpha value is -1.35. The number of hydrogen-bond acceptors (Lipinski definition) is 3. The van der Waals surface area contributed by atoms with E-state index >= 15 is 0 Å². The van der Waals surface area contributed by atoms with Crippen molar-refractivity contribution >= 4 is 12.0 Å². The number of carbonyl (C=O) groups is 1. The number of benzene rings is 1. The van der Waals surface area contributed by atoms with Crippen molar-refractivity contribution in [2.75, 3.05) is 25.6 Å². The lowest BCUT2D eigenvalue weighted by Crippen LogP contribution is -2.06. The fraction of sp³-hybridized carbons (Fsp3) is 0.364. The highest BCUT2D eigenvalue weighted by Gasteiger charge is 1.97. The maximum atomic E-state index is 10.7. The first-order chi connectivity index (χ1) is 6.88. The second-order valence-electron chi connectivity index (χ2n) is 2.98. The third kappa shape index (κ3) is 3.18. The molecule has 0 saturated carbocycles. The van der Waals surface area contributed by atoms with Crippen LogP contribution in [-0.2, 0) is 4.74 Å². The molecule has 76 valence electrons. The summed E-state index contributed by atoms with van der Waals surface area (Å²) in [5.41, 5.74) is 1.59. The van der Waals surface area contributed by atoms with Gasteiger partial charge in [0.05, 0.1) is 0 Å². The van der Waals surface area contributed by atoms with Crippen LogP contribution in [0.1, 0.15) is 16.8 Å². The zero-order valence-corrected chi connectivity index (χ0v) is 8.32. The summed E-state index contributed by atoms with van der Waals surface area (Å²) in [5, 5.41) is 3.19. The highest BCUT2D eigenvalue weighted by atomic mass is 16.5. The first kappa shape index (κ1) is 10.7. The molecule has 0 aliphatic carbocycles. The van der Waals surface area contributed by atoms with Gasteiger partial charge in [0.1, 0.15) is 0 Å². The van der Waals surface area contributed by atoms with Crippen molar-refractivity contribution in [3.05, 3.63) is 29.8 Å². The van der Waals surface area contributed by atoms with E-state index in [1.54, 1.807) is 13.2 Å². The number of aldehydes is 1. The summed E-state index contributed by atoms with van der Waals surface area (Å²) in [4.78, 5) is 10.7. The standard InChI is InChI=1S/C11H15NO2/c1-14-8-4-7-12-11-6-3-2-5-10(11)9-13/h2-3,5-6,9,12H,4,7-8H2,1H3. The van der Waals surface area contributed by atoms with E-state index in [4.69, 9.17) is 4.74 Å². The molecule has 0 heterocycles. The number of methoxy groups -OCH3 is 1. The molecular formula is C11H15NO2. The van der Waals surface area contributed by atoms with Crippen LogP contribution in [0.5, 0.6) is 0 Å². The van der Waals surface area contributed by atoms with Gasteiger partial charge in [-0.2, -0.15) is 0 Å². The van der Waals surface area contributed by atoms with E-state index in [2.05, 4.69) is 5.32 Å². The summed E-state index contributed by atoms with van der Waals surface area (Å²) < 4.78 is 4.93. The average molecular weight is 193 g/mol. The molecule has 0 aromatic heterocycles. The van der Waals surface area contributed by atoms with E-state index < -0.39 is 0 Å². The van der Waals surface area contributed by atoms with Gasteiger partial charge in [-0.3, -0.25) is 4.79 Å². The van der Waals surface area contributed by atoms with Crippen LogP contribution in [0.15, 0.2) is 24.3 Å². The summed E-state index contributed by atoms with van der Waals surface area (Å²) in [6.07, 6.45) is 1.79. The summed E-state index contributed by atoms with van der Waals surface area (Å²) in [6, 6.07) is 7.46. The first-order valence-electron chi connectivity index (χ1n) is 4.65. The predicted molar refractivity (Wildman–Crippen MR) is 56.8 cm³/mol. The monoisotopic (exact) mass is 193 g/mol. The summed E-state index contributed by atoms with van der Waals surface area (Å²) in [7, 11) is 1.68. The highest BCUT2D eigenvalue weighted by Crippen LogP contribution is 2.11. The lowest BCUT2D eigenvalue weighted by atomic mass is 10.2. The lowest BCUT2D eigenvalue weighted by molar-refractivity contribution is 0.112. The van der Waals surface area contributed by atoms with Crippen molar-refractivity contribution in [3.8, 4) is 0 Å². The fourth-order valence-corrected chi connectivity index (χ4v) is 1.20. The Balaban J connectivity index is 2.45. The molecule has 0 amide bonds. The van der Waals surface area contributed by atoms with Crippen molar-refractivity contribution in [3.63, 3.8) is 0 Å². The zero-order valence-electron chi connectivity index (χ0n) is 8.32. The van der Waals surface area contributed by atoms with Crippen molar-refractivity contribution in [1.82, 2.24) is 0 Å². The van der Waals surface area contributed by atoms with Crippen molar-refractivity contribution in [2.45, 2.75) is 6.42 Å². The minimum atomic E-state index is 0.699. The van der Waals surface area contributed by atoms with E-state index in [-0.39, 0.29) is 0 Å². The molecular weight excluding hydrogens is 178 g/mol. The maximum Gasteiger partial charge on any atom is 0.152 e. The zero-order chi connectivity index (χ0) is 10.2. The molecule has 1 N–H and O–H groups in total. The van der Waals surface area contributed by atoms with Gasteiger partial charge in [0.25, 0.3) is 0 Å². The Bertz CT molecular complexity index is 286. The van der Waals surface area contributed by atoms with Gasteiger partial charge in [0.2, 0.25) is 0 Å². The van der Waals surface area contributed by atoms with Crippen molar-refractivity contribution in [2.24, 2.45) is 0 Å². The third-order valence-electron chi connectivity index (χ3n) is 1.93. The molecule has 0 unspecified atom stereocenters. The van der Waals surface area contributed by atoms with Crippen LogP contribution >= 0.6 is 0 Å². The Morgan fingerprint density at radius 3 is 2.93 bits per heavy atom. The quantitative estimate of drug-likeness (QED) is 0.554. The molecule has 0 fully saturated rings. The molecule has 0 bridgehead atoms. The number of anilines is 1. The molecule has 1 rings (SSSR count). The normalized spacial score (nSPS) is 9.79. The fourth-order valence-electron chi connectivity index (χ4n) is 1.20. The van der Waals surface area contributed by atoms with E-state index in [1.807, 2.05) is 18.2 Å². The number of ether oxygens (including phenoxy) is 1. The number of hydrogen-bond donors (Lipinski definition) is 1. The molecule has 0 aliphatic heterocycles. The molecule has 3 heteroatoms. The van der Waals surface area contributed by atoms with Crippen LogP contribution in [0.4, 0.5) is 5.69 Å². The van der Waals surface area contributed by atoms with Crippen LogP contribution in [0.25, 0.3) is 0 Å². The first-order valence-corrected chi connectivity index (χ1v) is 4.65. The van der Waals surface area contributed by atoms with Crippen LogP contribution in [0.2, 0.25) is 0 Å². The van der Waals surface area contributed by atoms with Gasteiger partial charge < -0.3 is 10.1 Å². The molecule has 0 aliphatic rings. The molecule has 0 saturated heterocycles. The van der Waals surface area contributed by atoms with Crippen LogP contribution < -0.4 is 5.32 Å². The molecule has 14 heavy (non-hydrogen) atoms. The Morgan fingerprint density at radius 2 is 2.21 bits per heavy atom. The Labute approximate surface area is 84.1 Å². The number of para-hydroxylation sites is 1. The SMILES string of the molecule is COCCCNc1ccccc1C=O. The van der Waals surface area contributed by atoms with Crippen LogP contribution in [0.3, 0.4) is 0 Å². The molecule has 3 nitrogen and oxygen atoms in total. The number of carbonyl (C=O) groups excluding carboxylic acids is 1. The van der Waals surface area contributed by atoms with Crippen molar-refractivity contribution in [1.29, 1.82) is 0 Å². The molecule has 1 aromatic rings. The van der Waals surface area contributed by atoms with Gasteiger partial charge >= 0.3 is 0 Å². The van der Waals surface area contributed by atoms with Crippen molar-refractivity contribution < 1.29 is 9.53 Å². The van der Waals surface area contributed by atoms with Gasteiger partial charge in [-0.15, -0.1) is 0 Å². The van der Waals surface area contributed by atoms with Gasteiger partial charge in [0, 0.05) is 31.5 Å². The highest BCUT2D eigenvalue weighted by molar-refractivity contribution is 5.83. The maximum absolute atomic E-state index is 10.7. The van der Waals surface area contributed by atoms with Gasteiger partial charge in [-0.1, -0.05) is 12.1 Å². The van der Waals surface area contributed by atoms with Gasteiger partial charge in [-0.05, 0) is 18.6 Å². The van der Waals surface area contributed by atoms with E-state index in [0.717, 1.165) is 31.5 Å². The topological polar surface area (TPSA) is 38.3 Å². The lowest BCUT2D eigenvalue weighted by Gasteiger charge is -2.07. The van der Waals surface area contributed by atoms with Crippen LogP contribution in [0, 0.1) is 0 Å². The average Bonchev–Trinajstić information content (AvgIpc) is 2.25. The Kier molecular flexibility index (Phi) is 4.72. The summed E-state index contributed by atoms with van der Waals surface area (Å²) in [5.74, 6) is 0. The largest absolute Gasteiger partial charge is 0.385 e. The predicted octanol–water partition coefficient (Wildman–Crippen LogP) is 1.95. The van der Waals surface area contributed by atoms with E-state index in [0.29, 0.717) is 5.56 Å². The number of nitrogens with one attached hydrogen (secondary N) is 1. The molecule has 0 atom stereocenters. The molecule has 1 aromatic carbocycles. The summed E-state index contributed by atoms with van der Waals surface area (Å²) in [6.45, 7) is 1.55. The van der Waals surface area contributed by atoms with E-state index in [9.17, 15) is 4.79 Å². The van der Waals surface area contributed by atoms with Gasteiger partial charge in [0.15, 0.2) is 6.29 Å². The summed E-state index contributed by atoms with van der Waals surface area (Å²) >= 11 is 0. The van der Waals surface area contributed by atoms with Gasteiger partial charge in [-0.25, -0.2) is 0 Å². The number of rotatable bonds is 6. The second-order valence-corrected chi connectivity index (χ2v) is 2.98. The second kappa shape index (κ2) is 6.16. The minimum Gasteiger partial charge on any atom is -0.385 e. The van der Waals surface area contributed by atoms with E-state index in [1.165, 1.54) is 0 Å². The molecule has 0 radical (unpaired) electrons. The molecule has 0 spiro atoms.